The average molecular weight is 317 g/mol. The molecular formula is C18H21ClN2O. The Balaban J connectivity index is 1.72. The van der Waals surface area contributed by atoms with Gasteiger partial charge in [-0.25, -0.2) is 0 Å². The number of rotatable bonds is 6. The summed E-state index contributed by atoms with van der Waals surface area (Å²) >= 11 is 5.94. The van der Waals surface area contributed by atoms with Crippen LogP contribution < -0.4 is 10.6 Å². The number of aryl methyl sites for hydroxylation is 2. The Labute approximate surface area is 136 Å². The van der Waals surface area contributed by atoms with E-state index in [0.717, 1.165) is 29.2 Å². The van der Waals surface area contributed by atoms with E-state index in [9.17, 15) is 4.79 Å². The van der Waals surface area contributed by atoms with E-state index in [4.69, 9.17) is 11.6 Å². The van der Waals surface area contributed by atoms with E-state index < -0.39 is 0 Å². The van der Waals surface area contributed by atoms with Crippen molar-refractivity contribution < 1.29 is 4.79 Å². The molecule has 0 aromatic heterocycles. The van der Waals surface area contributed by atoms with Crippen LogP contribution >= 0.6 is 11.6 Å². The summed E-state index contributed by atoms with van der Waals surface area (Å²) in [5.74, 6) is -0.0330. The zero-order valence-corrected chi connectivity index (χ0v) is 13.7. The number of hydrogen-bond donors (Lipinski definition) is 2. The van der Waals surface area contributed by atoms with Crippen molar-refractivity contribution in [2.24, 2.45) is 0 Å². The summed E-state index contributed by atoms with van der Waals surface area (Å²) in [7, 11) is 0. The molecule has 0 bridgehead atoms. The highest BCUT2D eigenvalue weighted by molar-refractivity contribution is 6.30. The highest BCUT2D eigenvalue weighted by atomic mass is 35.5. The van der Waals surface area contributed by atoms with Gasteiger partial charge >= 0.3 is 0 Å². The van der Waals surface area contributed by atoms with Crippen LogP contribution in [0.5, 0.6) is 0 Å². The van der Waals surface area contributed by atoms with Crippen LogP contribution in [-0.2, 0) is 11.2 Å². The normalized spacial score (nSPS) is 10.5. The van der Waals surface area contributed by atoms with Crippen LogP contribution in [0.4, 0.5) is 5.69 Å². The second-order valence-corrected chi connectivity index (χ2v) is 5.84. The van der Waals surface area contributed by atoms with Gasteiger partial charge < -0.3 is 10.6 Å². The van der Waals surface area contributed by atoms with Gasteiger partial charge in [0.15, 0.2) is 0 Å². The van der Waals surface area contributed by atoms with E-state index in [1.54, 1.807) is 0 Å². The number of anilines is 1. The number of benzene rings is 2. The van der Waals surface area contributed by atoms with Crippen LogP contribution in [0.2, 0.25) is 5.02 Å². The maximum atomic E-state index is 11.9. The summed E-state index contributed by atoms with van der Waals surface area (Å²) in [4.78, 5) is 11.9. The topological polar surface area (TPSA) is 41.1 Å². The summed E-state index contributed by atoms with van der Waals surface area (Å²) in [5.41, 5.74) is 4.39. The van der Waals surface area contributed by atoms with Crippen molar-refractivity contribution in [3.8, 4) is 0 Å². The fraction of sp³-hybridized carbons (Fsp3) is 0.278. The van der Waals surface area contributed by atoms with Crippen molar-refractivity contribution in [1.82, 2.24) is 5.32 Å². The standard InChI is InChI=1S/C18H21ClN2O/c1-13-6-7-17(10-14(13)2)21-18(22)12-20-9-8-15-4-3-5-16(19)11-15/h3-7,10-11,20H,8-9,12H2,1-2H3,(H,21,22). The molecule has 0 saturated carbocycles. The number of halogens is 1. The first-order valence-corrected chi connectivity index (χ1v) is 7.74. The molecule has 0 heterocycles. The maximum Gasteiger partial charge on any atom is 0.238 e. The van der Waals surface area contributed by atoms with Crippen molar-refractivity contribution in [3.05, 3.63) is 64.2 Å². The number of amides is 1. The van der Waals surface area contributed by atoms with Gasteiger partial charge in [-0.3, -0.25) is 4.79 Å². The minimum Gasteiger partial charge on any atom is -0.325 e. The molecule has 0 unspecified atom stereocenters. The molecule has 0 aliphatic carbocycles. The highest BCUT2D eigenvalue weighted by Gasteiger charge is 2.03. The molecule has 116 valence electrons. The summed E-state index contributed by atoms with van der Waals surface area (Å²) in [6.45, 7) is 5.13. The lowest BCUT2D eigenvalue weighted by atomic mass is 10.1. The number of carbonyl (C=O) groups excluding carboxylic acids is 1. The van der Waals surface area contributed by atoms with Gasteiger partial charge in [0.2, 0.25) is 5.91 Å². The van der Waals surface area contributed by atoms with Crippen LogP contribution in [-0.4, -0.2) is 19.0 Å². The molecule has 0 spiro atoms. The lowest BCUT2D eigenvalue weighted by molar-refractivity contribution is -0.115. The summed E-state index contributed by atoms with van der Waals surface area (Å²) in [6, 6.07) is 13.7. The maximum absolute atomic E-state index is 11.9. The molecular weight excluding hydrogens is 296 g/mol. The third-order valence-electron chi connectivity index (χ3n) is 3.56. The van der Waals surface area contributed by atoms with Crippen LogP contribution in [0, 0.1) is 13.8 Å². The Hall–Kier alpha value is -1.84. The monoisotopic (exact) mass is 316 g/mol. The van der Waals surface area contributed by atoms with Crippen molar-refractivity contribution >= 4 is 23.2 Å². The number of carbonyl (C=O) groups is 1. The Bertz CT molecular complexity index is 655. The summed E-state index contributed by atoms with van der Waals surface area (Å²) in [6.07, 6.45) is 0.845. The van der Waals surface area contributed by atoms with E-state index in [-0.39, 0.29) is 5.91 Å². The minimum absolute atomic E-state index is 0.0330. The van der Waals surface area contributed by atoms with Gasteiger partial charge in [-0.1, -0.05) is 29.8 Å². The van der Waals surface area contributed by atoms with Crippen molar-refractivity contribution in [2.75, 3.05) is 18.4 Å². The molecule has 2 aromatic carbocycles. The fourth-order valence-corrected chi connectivity index (χ4v) is 2.36. The second kappa shape index (κ2) is 7.97. The first-order valence-electron chi connectivity index (χ1n) is 7.37. The first-order chi connectivity index (χ1) is 10.5. The molecule has 4 heteroatoms. The van der Waals surface area contributed by atoms with Crippen LogP contribution in [0.1, 0.15) is 16.7 Å². The Morgan fingerprint density at radius 3 is 2.64 bits per heavy atom. The number of nitrogens with one attached hydrogen (secondary N) is 2. The molecule has 0 fully saturated rings. The lowest BCUT2D eigenvalue weighted by Gasteiger charge is -2.09. The Morgan fingerprint density at radius 1 is 1.09 bits per heavy atom. The quantitative estimate of drug-likeness (QED) is 0.797. The fourth-order valence-electron chi connectivity index (χ4n) is 2.15. The van der Waals surface area contributed by atoms with Gasteiger partial charge in [0.05, 0.1) is 6.54 Å². The minimum atomic E-state index is -0.0330. The van der Waals surface area contributed by atoms with E-state index in [2.05, 4.69) is 17.6 Å². The van der Waals surface area contributed by atoms with Gasteiger partial charge in [0.25, 0.3) is 0 Å². The zero-order chi connectivity index (χ0) is 15.9. The van der Waals surface area contributed by atoms with E-state index in [1.165, 1.54) is 11.1 Å². The van der Waals surface area contributed by atoms with Crippen molar-refractivity contribution in [1.29, 1.82) is 0 Å². The molecule has 0 radical (unpaired) electrons. The van der Waals surface area contributed by atoms with Crippen LogP contribution in [0.3, 0.4) is 0 Å². The lowest BCUT2D eigenvalue weighted by Crippen LogP contribution is -2.29. The van der Waals surface area contributed by atoms with Crippen molar-refractivity contribution in [2.45, 2.75) is 20.3 Å². The van der Waals surface area contributed by atoms with Crippen molar-refractivity contribution in [3.63, 3.8) is 0 Å². The predicted molar refractivity (Wildman–Crippen MR) is 92.6 cm³/mol. The summed E-state index contributed by atoms with van der Waals surface area (Å²) in [5, 5.41) is 6.78. The van der Waals surface area contributed by atoms with Gasteiger partial charge in [-0.15, -0.1) is 0 Å². The van der Waals surface area contributed by atoms with Gasteiger partial charge in [-0.2, -0.15) is 0 Å². The average Bonchev–Trinajstić information content (AvgIpc) is 2.48. The smallest absolute Gasteiger partial charge is 0.238 e. The van der Waals surface area contributed by atoms with Gasteiger partial charge in [-0.05, 0) is 67.8 Å². The Morgan fingerprint density at radius 2 is 1.91 bits per heavy atom. The molecule has 3 nitrogen and oxygen atoms in total. The predicted octanol–water partition coefficient (Wildman–Crippen LogP) is 3.73. The second-order valence-electron chi connectivity index (χ2n) is 5.40. The molecule has 0 aliphatic rings. The van der Waals surface area contributed by atoms with Crippen LogP contribution in [0.25, 0.3) is 0 Å². The third-order valence-corrected chi connectivity index (χ3v) is 3.79. The Kier molecular flexibility index (Phi) is 5.99. The molecule has 0 saturated heterocycles. The third kappa shape index (κ3) is 5.17. The van der Waals surface area contributed by atoms with E-state index >= 15 is 0 Å². The van der Waals surface area contributed by atoms with Gasteiger partial charge in [0, 0.05) is 10.7 Å². The molecule has 0 aliphatic heterocycles. The SMILES string of the molecule is Cc1ccc(NC(=O)CNCCc2cccc(Cl)c2)cc1C. The van der Waals surface area contributed by atoms with E-state index in [0.29, 0.717) is 6.54 Å². The first kappa shape index (κ1) is 16.5. The largest absolute Gasteiger partial charge is 0.325 e. The molecule has 0 atom stereocenters. The zero-order valence-electron chi connectivity index (χ0n) is 12.9. The van der Waals surface area contributed by atoms with E-state index in [1.807, 2.05) is 49.4 Å². The molecule has 2 N–H and O–H groups in total. The number of hydrogen-bond acceptors (Lipinski definition) is 2. The molecule has 2 aromatic rings. The molecule has 1 amide bonds. The van der Waals surface area contributed by atoms with Gasteiger partial charge in [0.1, 0.15) is 0 Å². The summed E-state index contributed by atoms with van der Waals surface area (Å²) < 4.78 is 0. The highest BCUT2D eigenvalue weighted by Crippen LogP contribution is 2.14. The molecule has 22 heavy (non-hydrogen) atoms. The van der Waals surface area contributed by atoms with Crippen LogP contribution in [0.15, 0.2) is 42.5 Å². The molecule has 2 rings (SSSR count).